The van der Waals surface area contributed by atoms with E-state index in [4.69, 9.17) is 4.74 Å². The summed E-state index contributed by atoms with van der Waals surface area (Å²) in [6.45, 7) is 0.950. The topological polar surface area (TPSA) is 72.5 Å². The van der Waals surface area contributed by atoms with Crippen LogP contribution in [0.4, 0.5) is 10.1 Å². The number of ether oxygens (including phenoxy) is 1. The van der Waals surface area contributed by atoms with Crippen LogP contribution in [0.3, 0.4) is 0 Å². The van der Waals surface area contributed by atoms with E-state index in [-0.39, 0.29) is 29.5 Å². The molecule has 0 radical (unpaired) electrons. The third-order valence-electron chi connectivity index (χ3n) is 4.11. The van der Waals surface area contributed by atoms with Crippen molar-refractivity contribution in [3.05, 3.63) is 95.3 Å². The smallest absolute Gasteiger partial charge is 0.221 e. The number of amides is 1. The van der Waals surface area contributed by atoms with Gasteiger partial charge in [-0.1, -0.05) is 30.3 Å². The van der Waals surface area contributed by atoms with Gasteiger partial charge in [0.25, 0.3) is 0 Å². The van der Waals surface area contributed by atoms with E-state index in [1.165, 1.54) is 19.1 Å². The molecule has 1 amide bonds. The predicted molar refractivity (Wildman–Crippen MR) is 107 cm³/mol. The summed E-state index contributed by atoms with van der Waals surface area (Å²) in [6.07, 6.45) is 0. The minimum Gasteiger partial charge on any atom is -0.485 e. The molecule has 146 valence electrons. The zero-order valence-electron chi connectivity index (χ0n) is 15.6. The fourth-order valence-corrected chi connectivity index (χ4v) is 2.71. The molecule has 3 aromatic carbocycles. The number of ketones is 2. The molecule has 0 saturated heterocycles. The van der Waals surface area contributed by atoms with Crippen LogP contribution >= 0.6 is 0 Å². The Morgan fingerprint density at radius 1 is 0.897 bits per heavy atom. The first kappa shape index (κ1) is 19.9. The maximum Gasteiger partial charge on any atom is 0.221 e. The maximum absolute atomic E-state index is 14.1. The highest BCUT2D eigenvalue weighted by molar-refractivity contribution is 6.09. The molecule has 29 heavy (non-hydrogen) atoms. The van der Waals surface area contributed by atoms with Crippen molar-refractivity contribution >= 4 is 23.2 Å². The van der Waals surface area contributed by atoms with Gasteiger partial charge >= 0.3 is 0 Å². The molecule has 0 fully saturated rings. The quantitative estimate of drug-likeness (QED) is 0.611. The normalized spacial score (nSPS) is 10.3. The van der Waals surface area contributed by atoms with Crippen LogP contribution in [-0.4, -0.2) is 24.1 Å². The first-order valence-corrected chi connectivity index (χ1v) is 8.87. The summed E-state index contributed by atoms with van der Waals surface area (Å²) < 4.78 is 19.5. The van der Waals surface area contributed by atoms with Crippen molar-refractivity contribution < 1.29 is 23.5 Å². The van der Waals surface area contributed by atoms with Gasteiger partial charge in [0.05, 0.1) is 5.56 Å². The van der Waals surface area contributed by atoms with E-state index in [0.717, 1.165) is 6.07 Å². The summed E-state index contributed by atoms with van der Waals surface area (Å²) in [5.74, 6) is -1.34. The fraction of sp³-hybridized carbons (Fsp3) is 0.0870. The summed E-state index contributed by atoms with van der Waals surface area (Å²) in [6, 6.07) is 19.1. The van der Waals surface area contributed by atoms with E-state index in [2.05, 4.69) is 5.32 Å². The first-order chi connectivity index (χ1) is 13.9. The summed E-state index contributed by atoms with van der Waals surface area (Å²) in [4.78, 5) is 35.6. The summed E-state index contributed by atoms with van der Waals surface area (Å²) >= 11 is 0. The van der Waals surface area contributed by atoms with E-state index in [0.29, 0.717) is 16.9 Å². The van der Waals surface area contributed by atoms with Gasteiger partial charge in [0.1, 0.15) is 11.6 Å². The van der Waals surface area contributed by atoms with Crippen molar-refractivity contribution in [2.45, 2.75) is 6.92 Å². The molecule has 0 bridgehead atoms. The number of Topliss-reactive ketones (excluding diaryl/α,β-unsaturated/α-hetero) is 1. The van der Waals surface area contributed by atoms with Crippen LogP contribution in [0.2, 0.25) is 0 Å². The Hall–Kier alpha value is -3.80. The average molecular weight is 391 g/mol. The molecule has 0 aliphatic heterocycles. The number of halogens is 1. The lowest BCUT2D eigenvalue weighted by Gasteiger charge is -2.08. The number of nitrogens with one attached hydrogen (secondary N) is 1. The number of rotatable bonds is 7. The number of carbonyl (C=O) groups excluding carboxylic acids is 3. The zero-order valence-corrected chi connectivity index (χ0v) is 15.6. The largest absolute Gasteiger partial charge is 0.485 e. The van der Waals surface area contributed by atoms with E-state index in [1.807, 2.05) is 6.07 Å². The third-order valence-corrected chi connectivity index (χ3v) is 4.11. The van der Waals surface area contributed by atoms with E-state index >= 15 is 0 Å². The van der Waals surface area contributed by atoms with E-state index in [1.54, 1.807) is 48.5 Å². The Morgan fingerprint density at radius 2 is 1.55 bits per heavy atom. The molecule has 3 rings (SSSR count). The number of hydrogen-bond donors (Lipinski definition) is 1. The highest BCUT2D eigenvalue weighted by atomic mass is 19.1. The van der Waals surface area contributed by atoms with Crippen LogP contribution in [-0.2, 0) is 4.79 Å². The summed E-state index contributed by atoms with van der Waals surface area (Å²) in [5.41, 5.74) is 1.21. The Labute approximate surface area is 167 Å². The van der Waals surface area contributed by atoms with Crippen molar-refractivity contribution in [3.63, 3.8) is 0 Å². The second kappa shape index (κ2) is 8.93. The second-order valence-corrected chi connectivity index (χ2v) is 6.31. The molecule has 0 spiro atoms. The van der Waals surface area contributed by atoms with Crippen molar-refractivity contribution in [3.8, 4) is 5.75 Å². The molecule has 0 unspecified atom stereocenters. The summed E-state index contributed by atoms with van der Waals surface area (Å²) in [7, 11) is 0. The standard InChI is InChI=1S/C23H18FNO4/c1-15(26)25-18-9-12-20(21(24)13-18)22(27)14-29-19-10-7-17(8-11-19)23(28)16-5-3-2-4-6-16/h2-13H,14H2,1H3,(H,25,26). The van der Waals surface area contributed by atoms with Crippen molar-refractivity contribution in [2.24, 2.45) is 0 Å². The molecule has 0 aromatic heterocycles. The second-order valence-electron chi connectivity index (χ2n) is 6.31. The van der Waals surface area contributed by atoms with Crippen LogP contribution in [0.25, 0.3) is 0 Å². The average Bonchev–Trinajstić information content (AvgIpc) is 2.72. The predicted octanol–water partition coefficient (Wildman–Crippen LogP) is 4.28. The molecule has 0 saturated carbocycles. The molecule has 6 heteroatoms. The first-order valence-electron chi connectivity index (χ1n) is 8.87. The molecular weight excluding hydrogens is 373 g/mol. The van der Waals surface area contributed by atoms with Crippen LogP contribution in [0.5, 0.6) is 5.75 Å². The van der Waals surface area contributed by atoms with Crippen LogP contribution in [0.1, 0.15) is 33.2 Å². The lowest BCUT2D eigenvalue weighted by molar-refractivity contribution is -0.114. The maximum atomic E-state index is 14.1. The van der Waals surface area contributed by atoms with Gasteiger partial charge in [-0.05, 0) is 42.5 Å². The van der Waals surface area contributed by atoms with Gasteiger partial charge in [-0.15, -0.1) is 0 Å². The van der Waals surface area contributed by atoms with Gasteiger partial charge in [-0.25, -0.2) is 4.39 Å². The van der Waals surface area contributed by atoms with Crippen molar-refractivity contribution in [1.82, 2.24) is 0 Å². The van der Waals surface area contributed by atoms with E-state index in [9.17, 15) is 18.8 Å². The van der Waals surface area contributed by atoms with Gasteiger partial charge in [0, 0.05) is 23.7 Å². The molecule has 1 N–H and O–H groups in total. The number of benzene rings is 3. The fourth-order valence-electron chi connectivity index (χ4n) is 2.71. The molecular formula is C23H18FNO4. The van der Waals surface area contributed by atoms with E-state index < -0.39 is 11.6 Å². The number of anilines is 1. The van der Waals surface area contributed by atoms with Gasteiger partial charge in [-0.3, -0.25) is 14.4 Å². The van der Waals surface area contributed by atoms with Gasteiger partial charge in [-0.2, -0.15) is 0 Å². The molecule has 5 nitrogen and oxygen atoms in total. The SMILES string of the molecule is CC(=O)Nc1ccc(C(=O)COc2ccc(C(=O)c3ccccc3)cc2)c(F)c1. The molecule has 0 atom stereocenters. The monoisotopic (exact) mass is 391 g/mol. The van der Waals surface area contributed by atoms with Crippen molar-refractivity contribution in [2.75, 3.05) is 11.9 Å². The molecule has 0 aliphatic rings. The minimum atomic E-state index is -0.742. The van der Waals surface area contributed by atoms with Crippen molar-refractivity contribution in [1.29, 1.82) is 0 Å². The van der Waals surface area contributed by atoms with Gasteiger partial charge in [0.2, 0.25) is 11.7 Å². The number of hydrogen-bond acceptors (Lipinski definition) is 4. The lowest BCUT2D eigenvalue weighted by Crippen LogP contribution is -2.14. The Balaban J connectivity index is 1.62. The Kier molecular flexibility index (Phi) is 6.14. The van der Waals surface area contributed by atoms with Gasteiger partial charge in [0.15, 0.2) is 12.4 Å². The zero-order chi connectivity index (χ0) is 20.8. The molecule has 3 aromatic rings. The third kappa shape index (κ3) is 5.13. The summed E-state index contributed by atoms with van der Waals surface area (Å²) in [5, 5.41) is 2.45. The highest BCUT2D eigenvalue weighted by Gasteiger charge is 2.14. The lowest BCUT2D eigenvalue weighted by atomic mass is 10.0. The van der Waals surface area contributed by atoms with Crippen LogP contribution in [0.15, 0.2) is 72.8 Å². The van der Waals surface area contributed by atoms with Gasteiger partial charge < -0.3 is 10.1 Å². The molecule has 0 aliphatic carbocycles. The minimum absolute atomic E-state index is 0.116. The highest BCUT2D eigenvalue weighted by Crippen LogP contribution is 2.18. The van der Waals surface area contributed by atoms with Crippen LogP contribution < -0.4 is 10.1 Å². The Bertz CT molecular complexity index is 1050. The number of carbonyl (C=O) groups is 3. The van der Waals surface area contributed by atoms with Crippen LogP contribution in [0, 0.1) is 5.82 Å². The Morgan fingerprint density at radius 3 is 2.17 bits per heavy atom. The molecule has 0 heterocycles.